The van der Waals surface area contributed by atoms with Gasteiger partial charge in [-0.05, 0) is 64.2 Å². The minimum absolute atomic E-state index is 0.0103. The van der Waals surface area contributed by atoms with E-state index in [1.165, 1.54) is 283 Å². The van der Waals surface area contributed by atoms with Gasteiger partial charge in [0.05, 0.1) is 32.0 Å². The van der Waals surface area contributed by atoms with Crippen LogP contribution < -0.4 is 5.32 Å². The summed E-state index contributed by atoms with van der Waals surface area (Å²) in [6.45, 7) is 4.36. The van der Waals surface area contributed by atoms with Gasteiger partial charge in [0.2, 0.25) is 5.91 Å². The summed E-state index contributed by atoms with van der Waals surface area (Å²) in [5.41, 5.74) is 0. The third kappa shape index (κ3) is 52.6. The van der Waals surface area contributed by atoms with E-state index < -0.39 is 49.5 Å². The molecule has 0 spiro atoms. The highest BCUT2D eigenvalue weighted by molar-refractivity contribution is 5.76. The van der Waals surface area contributed by atoms with Crippen molar-refractivity contribution >= 4 is 11.9 Å². The molecule has 7 unspecified atom stereocenters. The van der Waals surface area contributed by atoms with Crippen molar-refractivity contribution in [2.75, 3.05) is 19.8 Å². The SMILES string of the molecule is CCCCCCCCCC/C=C/C(O)C(COC1OC(CO)C(O)C(O)C1O)NC(=O)CCCCCCCCCCCCCCCCCCC/C=C\C/C=C\CCCCCCCCCCCOC(=O)CCCCCCCCCCCCCCCCC. The van der Waals surface area contributed by atoms with Crippen LogP contribution in [0.3, 0.4) is 0 Å². The molecule has 1 aliphatic rings. The fraction of sp³-hybridized carbons (Fsp3) is 0.893. The Morgan fingerprint density at radius 1 is 0.430 bits per heavy atom. The molecule has 0 aromatic heterocycles. The van der Waals surface area contributed by atoms with E-state index in [4.69, 9.17) is 14.2 Å². The minimum Gasteiger partial charge on any atom is -0.466 e. The molecule has 7 atom stereocenters. The van der Waals surface area contributed by atoms with Crippen molar-refractivity contribution in [1.29, 1.82) is 0 Å². The van der Waals surface area contributed by atoms with Crippen LogP contribution in [-0.2, 0) is 23.8 Å². The van der Waals surface area contributed by atoms with E-state index in [1.807, 2.05) is 6.08 Å². The second kappa shape index (κ2) is 64.4. The highest BCUT2D eigenvalue weighted by Gasteiger charge is 2.44. The Labute approximate surface area is 530 Å². The standard InChI is InChI=1S/C75H141NO10/c1-3-5-7-9-11-13-15-16-36-40-43-47-51-55-59-63-71(80)84-64-60-56-52-48-44-41-38-35-33-31-29-27-25-23-21-19-17-18-20-22-24-26-28-30-32-34-37-39-42-46-50-54-58-62-70(79)76-67(66-85-75-74(83)73(82)72(81)69(65-77)86-75)68(78)61-57-53-49-45-14-12-10-8-6-4-2/h21,23,27,29,57,61,67-69,72-75,77-78,81-83H,3-20,22,24-26,28,30-56,58-60,62-66H2,1-2H3,(H,76,79)/b23-21-,29-27-,61-57+. The van der Waals surface area contributed by atoms with Crippen LogP contribution in [0.5, 0.6) is 0 Å². The Hall–Kier alpha value is -2.12. The molecule has 0 aromatic rings. The molecule has 11 nitrogen and oxygen atoms in total. The number of rotatable bonds is 66. The van der Waals surface area contributed by atoms with Gasteiger partial charge in [-0.2, -0.15) is 0 Å². The smallest absolute Gasteiger partial charge is 0.305 e. The Kier molecular flexibility index (Phi) is 61.3. The predicted octanol–water partition coefficient (Wildman–Crippen LogP) is 19.4. The monoisotopic (exact) mass is 1220 g/mol. The van der Waals surface area contributed by atoms with Crippen LogP contribution in [0.2, 0.25) is 0 Å². The van der Waals surface area contributed by atoms with Gasteiger partial charge in [-0.25, -0.2) is 0 Å². The summed E-state index contributed by atoms with van der Waals surface area (Å²) in [6.07, 6.45) is 73.0. The molecule has 1 fully saturated rings. The first-order chi connectivity index (χ1) is 42.2. The number of hydrogen-bond acceptors (Lipinski definition) is 10. The summed E-state index contributed by atoms with van der Waals surface area (Å²) < 4.78 is 16.7. The van der Waals surface area contributed by atoms with E-state index in [2.05, 4.69) is 43.5 Å². The number of carbonyl (C=O) groups is 2. The van der Waals surface area contributed by atoms with Crippen molar-refractivity contribution in [3.63, 3.8) is 0 Å². The molecule has 0 aromatic carbocycles. The van der Waals surface area contributed by atoms with Crippen molar-refractivity contribution in [2.24, 2.45) is 0 Å². The van der Waals surface area contributed by atoms with Crippen molar-refractivity contribution in [3.05, 3.63) is 36.5 Å². The summed E-state index contributed by atoms with van der Waals surface area (Å²) in [5.74, 6) is -0.169. The molecule has 1 amide bonds. The fourth-order valence-electron chi connectivity index (χ4n) is 11.9. The second-order valence-electron chi connectivity index (χ2n) is 26.0. The average Bonchev–Trinajstić information content (AvgIpc) is 2.82. The number of carbonyl (C=O) groups excluding carboxylic acids is 2. The zero-order valence-electron chi connectivity index (χ0n) is 56.3. The van der Waals surface area contributed by atoms with Crippen molar-refractivity contribution in [2.45, 2.75) is 410 Å². The van der Waals surface area contributed by atoms with E-state index in [1.54, 1.807) is 6.08 Å². The summed E-state index contributed by atoms with van der Waals surface area (Å²) in [7, 11) is 0. The fourth-order valence-corrected chi connectivity index (χ4v) is 11.9. The van der Waals surface area contributed by atoms with Gasteiger partial charge in [0.15, 0.2) is 6.29 Å². The van der Waals surface area contributed by atoms with Gasteiger partial charge in [-0.1, -0.05) is 326 Å². The minimum atomic E-state index is -1.57. The zero-order valence-corrected chi connectivity index (χ0v) is 56.3. The van der Waals surface area contributed by atoms with Gasteiger partial charge in [0.25, 0.3) is 0 Å². The van der Waals surface area contributed by atoms with Crippen LogP contribution in [0, 0.1) is 0 Å². The third-order valence-corrected chi connectivity index (χ3v) is 17.7. The van der Waals surface area contributed by atoms with Gasteiger partial charge in [0, 0.05) is 12.8 Å². The Bertz CT molecular complexity index is 1520. The molecule has 86 heavy (non-hydrogen) atoms. The van der Waals surface area contributed by atoms with E-state index >= 15 is 0 Å². The number of hydrogen-bond donors (Lipinski definition) is 6. The highest BCUT2D eigenvalue weighted by Crippen LogP contribution is 2.23. The van der Waals surface area contributed by atoms with Gasteiger partial charge in [-0.15, -0.1) is 0 Å². The lowest BCUT2D eigenvalue weighted by Gasteiger charge is -2.40. The number of ether oxygens (including phenoxy) is 3. The van der Waals surface area contributed by atoms with Gasteiger partial charge < -0.3 is 45.1 Å². The topological polar surface area (TPSA) is 175 Å². The highest BCUT2D eigenvalue weighted by atomic mass is 16.7. The second-order valence-corrected chi connectivity index (χ2v) is 26.0. The molecule has 0 saturated carbocycles. The van der Waals surface area contributed by atoms with Crippen LogP contribution in [0.4, 0.5) is 0 Å². The molecular weight excluding hydrogens is 1070 g/mol. The maximum atomic E-state index is 13.0. The lowest BCUT2D eigenvalue weighted by Crippen LogP contribution is -2.60. The maximum absolute atomic E-state index is 13.0. The Balaban J connectivity index is 1.91. The molecule has 6 N–H and O–H groups in total. The van der Waals surface area contributed by atoms with E-state index in [0.717, 1.165) is 57.8 Å². The van der Waals surface area contributed by atoms with Gasteiger partial charge in [-0.3, -0.25) is 9.59 Å². The zero-order chi connectivity index (χ0) is 62.3. The number of aliphatic hydroxyl groups is 5. The molecule has 1 heterocycles. The van der Waals surface area contributed by atoms with E-state index in [9.17, 15) is 35.1 Å². The van der Waals surface area contributed by atoms with Crippen molar-refractivity contribution < 1.29 is 49.3 Å². The summed E-state index contributed by atoms with van der Waals surface area (Å²) in [6, 6.07) is -0.808. The van der Waals surface area contributed by atoms with Crippen LogP contribution in [0.1, 0.15) is 367 Å². The number of esters is 1. The van der Waals surface area contributed by atoms with Gasteiger partial charge in [0.1, 0.15) is 24.4 Å². The van der Waals surface area contributed by atoms with Crippen molar-refractivity contribution in [1.82, 2.24) is 5.32 Å². The average molecular weight is 1220 g/mol. The molecule has 0 radical (unpaired) electrons. The van der Waals surface area contributed by atoms with Crippen molar-refractivity contribution in [3.8, 4) is 0 Å². The third-order valence-electron chi connectivity index (χ3n) is 17.7. The normalized spacial score (nSPS) is 18.1. The molecule has 0 bridgehead atoms. The molecule has 0 aliphatic carbocycles. The van der Waals surface area contributed by atoms with Crippen LogP contribution in [0.15, 0.2) is 36.5 Å². The predicted molar refractivity (Wildman–Crippen MR) is 361 cm³/mol. The van der Waals surface area contributed by atoms with E-state index in [0.29, 0.717) is 19.4 Å². The number of unbranched alkanes of at least 4 members (excludes halogenated alkanes) is 48. The molecule has 1 aliphatic heterocycles. The maximum Gasteiger partial charge on any atom is 0.305 e. The Morgan fingerprint density at radius 3 is 1.17 bits per heavy atom. The lowest BCUT2D eigenvalue weighted by atomic mass is 9.99. The number of allylic oxidation sites excluding steroid dienone is 5. The number of nitrogens with one attached hydrogen (secondary N) is 1. The molecule has 1 saturated heterocycles. The molecule has 11 heteroatoms. The number of amides is 1. The summed E-state index contributed by atoms with van der Waals surface area (Å²) in [5, 5.41) is 54.4. The van der Waals surface area contributed by atoms with Crippen LogP contribution in [0.25, 0.3) is 0 Å². The number of aliphatic hydroxyl groups excluding tert-OH is 5. The van der Waals surface area contributed by atoms with Gasteiger partial charge >= 0.3 is 5.97 Å². The lowest BCUT2D eigenvalue weighted by molar-refractivity contribution is -0.302. The van der Waals surface area contributed by atoms with E-state index in [-0.39, 0.29) is 18.5 Å². The van der Waals surface area contributed by atoms with Crippen LogP contribution in [-0.4, -0.2) is 100 Å². The molecular formula is C75H141NO10. The Morgan fingerprint density at radius 2 is 0.779 bits per heavy atom. The largest absolute Gasteiger partial charge is 0.466 e. The molecule has 506 valence electrons. The first kappa shape index (κ1) is 81.9. The first-order valence-corrected chi connectivity index (χ1v) is 37.3. The summed E-state index contributed by atoms with van der Waals surface area (Å²) >= 11 is 0. The van der Waals surface area contributed by atoms with Crippen LogP contribution >= 0.6 is 0 Å². The molecule has 1 rings (SSSR count). The summed E-state index contributed by atoms with van der Waals surface area (Å²) in [4.78, 5) is 25.1. The first-order valence-electron chi connectivity index (χ1n) is 37.3. The quantitative estimate of drug-likeness (QED) is 0.0195.